The maximum Gasteiger partial charge on any atom is 0.270 e. The molecule has 5 nitrogen and oxygen atoms in total. The number of nitrogens with zero attached hydrogens (tertiary/aromatic N) is 2. The molecule has 0 aliphatic heterocycles. The molecule has 0 bridgehead atoms. The van der Waals surface area contributed by atoms with Gasteiger partial charge in [0.2, 0.25) is 0 Å². The van der Waals surface area contributed by atoms with Crippen LogP contribution in [0.1, 0.15) is 23.8 Å². The lowest BCUT2D eigenvalue weighted by Gasteiger charge is -2.12. The minimum Gasteiger partial charge on any atom is -0.340 e. The molecular formula is C15H13N3O2. The summed E-state index contributed by atoms with van der Waals surface area (Å²) in [7, 11) is 0. The van der Waals surface area contributed by atoms with Crippen LogP contribution in [0.2, 0.25) is 0 Å². The molecular weight excluding hydrogens is 254 g/mol. The summed E-state index contributed by atoms with van der Waals surface area (Å²) in [6.07, 6.45) is -0.0470. The van der Waals surface area contributed by atoms with Gasteiger partial charge in [-0.15, -0.1) is 0 Å². The smallest absolute Gasteiger partial charge is 0.270 e. The van der Waals surface area contributed by atoms with Gasteiger partial charge in [0.1, 0.15) is 11.7 Å². The van der Waals surface area contributed by atoms with Crippen molar-refractivity contribution in [1.29, 1.82) is 5.26 Å². The van der Waals surface area contributed by atoms with Crippen molar-refractivity contribution in [3.05, 3.63) is 42.1 Å². The van der Waals surface area contributed by atoms with E-state index in [0.29, 0.717) is 5.52 Å². The second kappa shape index (κ2) is 5.93. The standard InChI is InChI=1S/C15H13N3O2/c1-10(19)12(8-9-16)18-15(20)14-7-6-11-4-2-3-5-13(11)17-14/h2-7,12H,8H2,1H3,(H,18,20)/t12-/m0/s1. The minimum atomic E-state index is -0.791. The third kappa shape index (κ3) is 2.98. The summed E-state index contributed by atoms with van der Waals surface area (Å²) < 4.78 is 0. The van der Waals surface area contributed by atoms with Crippen molar-refractivity contribution >= 4 is 22.6 Å². The number of rotatable bonds is 4. The van der Waals surface area contributed by atoms with E-state index in [-0.39, 0.29) is 17.9 Å². The van der Waals surface area contributed by atoms with Gasteiger partial charge in [0.25, 0.3) is 5.91 Å². The average Bonchev–Trinajstić information content (AvgIpc) is 2.46. The first-order valence-electron chi connectivity index (χ1n) is 6.16. The predicted octanol–water partition coefficient (Wildman–Crippen LogP) is 1.84. The minimum absolute atomic E-state index is 0.0470. The molecule has 0 saturated heterocycles. The number of aromatic nitrogens is 1. The molecule has 0 fully saturated rings. The highest BCUT2D eigenvalue weighted by Gasteiger charge is 2.18. The van der Waals surface area contributed by atoms with Crippen LogP contribution >= 0.6 is 0 Å². The number of hydrogen-bond donors (Lipinski definition) is 1. The van der Waals surface area contributed by atoms with Gasteiger partial charge in [0, 0.05) is 5.39 Å². The van der Waals surface area contributed by atoms with Crippen molar-refractivity contribution in [1.82, 2.24) is 10.3 Å². The maximum atomic E-state index is 12.0. The molecule has 0 spiro atoms. The number of hydrogen-bond acceptors (Lipinski definition) is 4. The van der Waals surface area contributed by atoms with E-state index in [9.17, 15) is 9.59 Å². The molecule has 2 rings (SSSR count). The van der Waals surface area contributed by atoms with E-state index >= 15 is 0 Å². The normalized spacial score (nSPS) is 11.6. The second-order valence-corrected chi connectivity index (χ2v) is 4.39. The molecule has 1 atom stereocenters. The van der Waals surface area contributed by atoms with Gasteiger partial charge in [0.15, 0.2) is 5.78 Å². The van der Waals surface area contributed by atoms with Gasteiger partial charge in [0.05, 0.1) is 18.0 Å². The number of para-hydroxylation sites is 1. The Morgan fingerprint density at radius 2 is 2.05 bits per heavy atom. The van der Waals surface area contributed by atoms with Gasteiger partial charge in [-0.1, -0.05) is 24.3 Å². The zero-order chi connectivity index (χ0) is 14.5. The Morgan fingerprint density at radius 3 is 2.75 bits per heavy atom. The first-order chi connectivity index (χ1) is 9.61. The lowest BCUT2D eigenvalue weighted by Crippen LogP contribution is -2.39. The van der Waals surface area contributed by atoms with Crippen LogP contribution in [0.5, 0.6) is 0 Å². The van der Waals surface area contributed by atoms with Crippen LogP contribution in [-0.4, -0.2) is 22.7 Å². The highest BCUT2D eigenvalue weighted by molar-refractivity contribution is 5.97. The van der Waals surface area contributed by atoms with E-state index in [1.807, 2.05) is 30.3 Å². The largest absolute Gasteiger partial charge is 0.340 e. The van der Waals surface area contributed by atoms with E-state index in [0.717, 1.165) is 5.39 Å². The fourth-order valence-corrected chi connectivity index (χ4v) is 1.81. The molecule has 1 heterocycles. The summed E-state index contributed by atoms with van der Waals surface area (Å²) in [4.78, 5) is 27.6. The maximum absolute atomic E-state index is 12.0. The topological polar surface area (TPSA) is 82.9 Å². The molecule has 0 unspecified atom stereocenters. The Kier molecular flexibility index (Phi) is 4.06. The van der Waals surface area contributed by atoms with Crippen LogP contribution in [0.3, 0.4) is 0 Å². The average molecular weight is 267 g/mol. The van der Waals surface area contributed by atoms with Crippen molar-refractivity contribution in [3.8, 4) is 6.07 Å². The Hall–Kier alpha value is -2.74. The highest BCUT2D eigenvalue weighted by atomic mass is 16.2. The molecule has 0 saturated carbocycles. The van der Waals surface area contributed by atoms with Crippen LogP contribution in [0.4, 0.5) is 0 Å². The number of Topliss-reactive ketones (excluding diaryl/α,β-unsaturated/α-hetero) is 1. The van der Waals surface area contributed by atoms with Crippen molar-refractivity contribution in [2.75, 3.05) is 0 Å². The number of pyridine rings is 1. The van der Waals surface area contributed by atoms with E-state index in [2.05, 4.69) is 10.3 Å². The van der Waals surface area contributed by atoms with Gasteiger partial charge in [-0.2, -0.15) is 5.26 Å². The Morgan fingerprint density at radius 1 is 1.30 bits per heavy atom. The summed E-state index contributed by atoms with van der Waals surface area (Å²) >= 11 is 0. The molecule has 5 heteroatoms. The third-order valence-electron chi connectivity index (χ3n) is 2.92. The molecule has 0 aliphatic carbocycles. The van der Waals surface area contributed by atoms with Gasteiger partial charge in [-0.05, 0) is 19.1 Å². The molecule has 1 amide bonds. The summed E-state index contributed by atoms with van der Waals surface area (Å²) in [5.41, 5.74) is 0.938. The number of fused-ring (bicyclic) bond motifs is 1. The lowest BCUT2D eigenvalue weighted by molar-refractivity contribution is -0.118. The Bertz CT molecular complexity index is 704. The molecule has 0 radical (unpaired) electrons. The van der Waals surface area contributed by atoms with Gasteiger partial charge >= 0.3 is 0 Å². The van der Waals surface area contributed by atoms with Crippen LogP contribution in [0.25, 0.3) is 10.9 Å². The number of ketones is 1. The molecule has 2 aromatic rings. The number of nitrogens with one attached hydrogen (secondary N) is 1. The first-order valence-corrected chi connectivity index (χ1v) is 6.16. The van der Waals surface area contributed by atoms with Gasteiger partial charge in [-0.3, -0.25) is 9.59 Å². The van der Waals surface area contributed by atoms with Crippen LogP contribution in [0, 0.1) is 11.3 Å². The van der Waals surface area contributed by atoms with E-state index in [4.69, 9.17) is 5.26 Å². The van der Waals surface area contributed by atoms with Gasteiger partial charge in [-0.25, -0.2) is 4.98 Å². The zero-order valence-electron chi connectivity index (χ0n) is 11.0. The number of carbonyl (C=O) groups is 2. The lowest BCUT2D eigenvalue weighted by atomic mass is 10.1. The number of carbonyl (C=O) groups excluding carboxylic acids is 2. The van der Waals surface area contributed by atoms with E-state index in [1.165, 1.54) is 6.92 Å². The molecule has 1 aromatic heterocycles. The van der Waals surface area contributed by atoms with Crippen molar-refractivity contribution in [2.24, 2.45) is 0 Å². The number of nitriles is 1. The predicted molar refractivity (Wildman–Crippen MR) is 73.9 cm³/mol. The first kappa shape index (κ1) is 13.7. The highest BCUT2D eigenvalue weighted by Crippen LogP contribution is 2.11. The Balaban J connectivity index is 2.22. The second-order valence-electron chi connectivity index (χ2n) is 4.39. The monoisotopic (exact) mass is 267 g/mol. The SMILES string of the molecule is CC(=O)[C@H](CC#N)NC(=O)c1ccc2ccccc2n1. The van der Waals surface area contributed by atoms with Crippen molar-refractivity contribution in [2.45, 2.75) is 19.4 Å². The number of benzene rings is 1. The van der Waals surface area contributed by atoms with Crippen molar-refractivity contribution in [3.63, 3.8) is 0 Å². The molecule has 0 aliphatic rings. The van der Waals surface area contributed by atoms with E-state index < -0.39 is 11.9 Å². The molecule has 20 heavy (non-hydrogen) atoms. The molecule has 100 valence electrons. The Labute approximate surface area is 116 Å². The summed E-state index contributed by atoms with van der Waals surface area (Å²) in [6, 6.07) is 11.9. The summed E-state index contributed by atoms with van der Waals surface area (Å²) in [6.45, 7) is 1.34. The molecule has 1 aromatic carbocycles. The fourth-order valence-electron chi connectivity index (χ4n) is 1.81. The summed E-state index contributed by atoms with van der Waals surface area (Å²) in [5, 5.41) is 12.1. The van der Waals surface area contributed by atoms with Crippen LogP contribution in [-0.2, 0) is 4.79 Å². The van der Waals surface area contributed by atoms with Gasteiger partial charge < -0.3 is 5.32 Å². The summed E-state index contributed by atoms with van der Waals surface area (Å²) in [5.74, 6) is -0.702. The zero-order valence-corrected chi connectivity index (χ0v) is 11.0. The third-order valence-corrected chi connectivity index (χ3v) is 2.92. The van der Waals surface area contributed by atoms with Crippen molar-refractivity contribution < 1.29 is 9.59 Å². The van der Waals surface area contributed by atoms with Crippen LogP contribution in [0.15, 0.2) is 36.4 Å². The molecule has 1 N–H and O–H groups in total. The quantitative estimate of drug-likeness (QED) is 0.916. The van der Waals surface area contributed by atoms with E-state index in [1.54, 1.807) is 12.1 Å². The number of amides is 1. The van der Waals surface area contributed by atoms with Crippen LogP contribution < -0.4 is 5.32 Å². The fraction of sp³-hybridized carbons (Fsp3) is 0.200.